The Balaban J connectivity index is 1.84. The topological polar surface area (TPSA) is 107 Å². The number of aromatic amines is 2. The Morgan fingerprint density at radius 2 is 1.82 bits per heavy atom. The summed E-state index contributed by atoms with van der Waals surface area (Å²) >= 11 is 0. The average molecular weight is 296 g/mol. The third-order valence-electron chi connectivity index (χ3n) is 3.12. The molecule has 0 aliphatic heterocycles. The maximum atomic E-state index is 12.2. The number of H-pyrrole nitrogens is 2. The first-order valence-electron chi connectivity index (χ1n) is 6.49. The van der Waals surface area contributed by atoms with E-state index < -0.39 is 0 Å². The molecular formula is C15H12N4O3. The number of fused-ring (bicyclic) bond motifs is 1. The molecule has 0 saturated carbocycles. The first-order valence-corrected chi connectivity index (χ1v) is 6.49. The van der Waals surface area contributed by atoms with Gasteiger partial charge in [0.15, 0.2) is 0 Å². The summed E-state index contributed by atoms with van der Waals surface area (Å²) < 4.78 is 0. The van der Waals surface area contributed by atoms with Crippen LogP contribution in [0.1, 0.15) is 10.4 Å². The molecule has 0 aliphatic carbocycles. The molecule has 110 valence electrons. The number of hydrogen-bond acceptors (Lipinski definition) is 3. The normalized spacial score (nSPS) is 10.4. The highest BCUT2D eigenvalue weighted by Gasteiger charge is 2.08. The summed E-state index contributed by atoms with van der Waals surface area (Å²) in [5.74, 6) is -0.313. The maximum absolute atomic E-state index is 12.2. The molecule has 0 spiro atoms. The van der Waals surface area contributed by atoms with Gasteiger partial charge in [-0.25, -0.2) is 4.79 Å². The zero-order chi connectivity index (χ0) is 15.5. The van der Waals surface area contributed by atoms with Crippen LogP contribution in [0.3, 0.4) is 0 Å². The van der Waals surface area contributed by atoms with Crippen molar-refractivity contribution in [1.29, 1.82) is 0 Å². The molecule has 0 fully saturated rings. The van der Waals surface area contributed by atoms with Gasteiger partial charge in [0.25, 0.3) is 5.91 Å². The summed E-state index contributed by atoms with van der Waals surface area (Å²) in [5, 5.41) is 5.23. The minimum absolute atomic E-state index is 0.300. The molecule has 3 aromatic rings. The largest absolute Gasteiger partial charge is 0.329 e. The molecule has 22 heavy (non-hydrogen) atoms. The number of carbonyl (C=O) groups is 2. The van der Waals surface area contributed by atoms with Crippen LogP contribution in [0.2, 0.25) is 0 Å². The molecule has 0 unspecified atom stereocenters. The molecule has 7 heteroatoms. The molecule has 0 saturated heterocycles. The lowest BCUT2D eigenvalue weighted by molar-refractivity contribution is -0.105. The van der Waals surface area contributed by atoms with Crippen molar-refractivity contribution in [1.82, 2.24) is 9.97 Å². The Hall–Kier alpha value is -3.35. The van der Waals surface area contributed by atoms with Gasteiger partial charge in [-0.1, -0.05) is 6.07 Å². The van der Waals surface area contributed by atoms with Crippen LogP contribution in [0.5, 0.6) is 0 Å². The number of nitrogens with one attached hydrogen (secondary N) is 4. The quantitative estimate of drug-likeness (QED) is 0.550. The molecule has 0 aliphatic rings. The summed E-state index contributed by atoms with van der Waals surface area (Å²) in [6.45, 7) is 0. The van der Waals surface area contributed by atoms with Crippen LogP contribution in [-0.4, -0.2) is 22.3 Å². The number of aromatic nitrogens is 2. The highest BCUT2D eigenvalue weighted by Crippen LogP contribution is 2.16. The second-order valence-corrected chi connectivity index (χ2v) is 4.64. The third kappa shape index (κ3) is 2.73. The predicted octanol–water partition coefficient (Wildman–Crippen LogP) is 1.68. The van der Waals surface area contributed by atoms with Crippen molar-refractivity contribution in [3.63, 3.8) is 0 Å². The van der Waals surface area contributed by atoms with Gasteiger partial charge in [-0.3, -0.25) is 9.59 Å². The van der Waals surface area contributed by atoms with Crippen molar-refractivity contribution in [2.75, 3.05) is 10.6 Å². The number of anilines is 2. The second kappa shape index (κ2) is 5.57. The number of amides is 2. The van der Waals surface area contributed by atoms with Crippen LogP contribution in [0, 0.1) is 0 Å². The van der Waals surface area contributed by atoms with E-state index in [9.17, 15) is 14.4 Å². The van der Waals surface area contributed by atoms with E-state index in [1.54, 1.807) is 42.5 Å². The van der Waals surface area contributed by atoms with E-state index in [1.165, 1.54) is 0 Å². The summed E-state index contributed by atoms with van der Waals surface area (Å²) in [6, 6.07) is 11.6. The second-order valence-electron chi connectivity index (χ2n) is 4.64. The summed E-state index contributed by atoms with van der Waals surface area (Å²) in [5.41, 5.74) is 2.48. The molecule has 1 heterocycles. The lowest BCUT2D eigenvalue weighted by Crippen LogP contribution is -2.12. The van der Waals surface area contributed by atoms with Crippen molar-refractivity contribution in [2.45, 2.75) is 0 Å². The van der Waals surface area contributed by atoms with Crippen LogP contribution in [0.25, 0.3) is 11.0 Å². The lowest BCUT2D eigenvalue weighted by Gasteiger charge is -2.06. The first kappa shape index (κ1) is 13.6. The van der Waals surface area contributed by atoms with E-state index in [2.05, 4.69) is 20.6 Å². The number of rotatable bonds is 4. The van der Waals surface area contributed by atoms with Crippen LogP contribution in [0.15, 0.2) is 47.3 Å². The molecule has 3 rings (SSSR count). The Bertz CT molecular complexity index is 910. The van der Waals surface area contributed by atoms with E-state index in [4.69, 9.17) is 0 Å². The maximum Gasteiger partial charge on any atom is 0.323 e. The number of hydrogen-bond donors (Lipinski definition) is 4. The van der Waals surface area contributed by atoms with Crippen molar-refractivity contribution < 1.29 is 9.59 Å². The fraction of sp³-hybridized carbons (Fsp3) is 0. The monoisotopic (exact) mass is 296 g/mol. The third-order valence-corrected chi connectivity index (χ3v) is 3.12. The van der Waals surface area contributed by atoms with Gasteiger partial charge < -0.3 is 20.6 Å². The molecule has 1 aromatic heterocycles. The van der Waals surface area contributed by atoms with Crippen molar-refractivity contribution >= 4 is 34.7 Å². The van der Waals surface area contributed by atoms with Crippen LogP contribution in [-0.2, 0) is 4.79 Å². The van der Waals surface area contributed by atoms with Crippen molar-refractivity contribution in [3.8, 4) is 0 Å². The number of benzene rings is 2. The first-order chi connectivity index (χ1) is 10.7. The summed E-state index contributed by atoms with van der Waals surface area (Å²) in [6.07, 6.45) is 0.549. The number of carbonyl (C=O) groups excluding carboxylic acids is 2. The van der Waals surface area contributed by atoms with E-state index in [0.29, 0.717) is 34.4 Å². The zero-order valence-electron chi connectivity index (χ0n) is 11.3. The molecule has 2 amide bonds. The average Bonchev–Trinajstić information content (AvgIpc) is 2.87. The van der Waals surface area contributed by atoms with Gasteiger partial charge in [-0.15, -0.1) is 0 Å². The Morgan fingerprint density at radius 1 is 1.00 bits per heavy atom. The summed E-state index contributed by atoms with van der Waals surface area (Å²) in [4.78, 5) is 39.1. The molecule has 0 radical (unpaired) electrons. The van der Waals surface area contributed by atoms with Crippen LogP contribution >= 0.6 is 0 Å². The number of imidazole rings is 1. The predicted molar refractivity (Wildman–Crippen MR) is 83.0 cm³/mol. The van der Waals surface area contributed by atoms with Gasteiger partial charge in [0, 0.05) is 16.9 Å². The molecule has 0 atom stereocenters. The molecular weight excluding hydrogens is 284 g/mol. The van der Waals surface area contributed by atoms with Gasteiger partial charge >= 0.3 is 5.69 Å². The van der Waals surface area contributed by atoms with E-state index in [0.717, 1.165) is 0 Å². The highest BCUT2D eigenvalue weighted by atomic mass is 16.2. The SMILES string of the molecule is O=CNc1cccc(C(=O)Nc2ccc3[nH]c(=O)[nH]c3c2)c1. The van der Waals surface area contributed by atoms with Gasteiger partial charge in [-0.2, -0.15) is 0 Å². The molecule has 0 bridgehead atoms. The van der Waals surface area contributed by atoms with Gasteiger partial charge in [-0.05, 0) is 36.4 Å². The van der Waals surface area contributed by atoms with E-state index in [-0.39, 0.29) is 11.6 Å². The minimum atomic E-state index is -0.313. The minimum Gasteiger partial charge on any atom is -0.329 e. The zero-order valence-corrected chi connectivity index (χ0v) is 11.3. The standard InChI is InChI=1S/C15H12N4O3/c20-8-16-10-3-1-2-9(6-10)14(21)17-11-4-5-12-13(7-11)19-15(22)18-12/h1-8H,(H,16,20)(H,17,21)(H2,18,19,22). The van der Waals surface area contributed by atoms with Crippen LogP contribution < -0.4 is 16.3 Å². The van der Waals surface area contributed by atoms with E-state index in [1.807, 2.05) is 0 Å². The molecule has 7 nitrogen and oxygen atoms in total. The highest BCUT2D eigenvalue weighted by molar-refractivity contribution is 6.05. The van der Waals surface area contributed by atoms with E-state index >= 15 is 0 Å². The molecule has 2 aromatic carbocycles. The fourth-order valence-corrected chi connectivity index (χ4v) is 2.13. The van der Waals surface area contributed by atoms with Crippen molar-refractivity contribution in [2.24, 2.45) is 0 Å². The Morgan fingerprint density at radius 3 is 2.64 bits per heavy atom. The Labute approximate surface area is 124 Å². The van der Waals surface area contributed by atoms with Gasteiger partial charge in [0.2, 0.25) is 6.41 Å². The Kier molecular flexibility index (Phi) is 3.45. The van der Waals surface area contributed by atoms with Gasteiger partial charge in [0.05, 0.1) is 11.0 Å². The fourth-order valence-electron chi connectivity index (χ4n) is 2.13. The van der Waals surface area contributed by atoms with Gasteiger partial charge in [0.1, 0.15) is 0 Å². The smallest absolute Gasteiger partial charge is 0.323 e. The molecule has 4 N–H and O–H groups in total. The van der Waals surface area contributed by atoms with Crippen molar-refractivity contribution in [3.05, 3.63) is 58.5 Å². The van der Waals surface area contributed by atoms with Crippen LogP contribution in [0.4, 0.5) is 11.4 Å². The lowest BCUT2D eigenvalue weighted by atomic mass is 10.2. The summed E-state index contributed by atoms with van der Waals surface area (Å²) in [7, 11) is 0.